The van der Waals surface area contributed by atoms with E-state index in [0.29, 0.717) is 5.91 Å². The second-order valence-corrected chi connectivity index (χ2v) is 6.04. The van der Waals surface area contributed by atoms with E-state index in [1.807, 2.05) is 0 Å². The van der Waals surface area contributed by atoms with Crippen molar-refractivity contribution in [1.82, 2.24) is 10.2 Å². The van der Waals surface area contributed by atoms with Crippen molar-refractivity contribution in [2.45, 2.75) is 46.0 Å². The summed E-state index contributed by atoms with van der Waals surface area (Å²) in [6.07, 6.45) is 5.89. The Hall–Kier alpha value is -0.570. The zero-order valence-corrected chi connectivity index (χ0v) is 11.3. The molecule has 0 spiro atoms. The van der Waals surface area contributed by atoms with Crippen molar-refractivity contribution in [1.29, 1.82) is 0 Å². The molecule has 1 saturated carbocycles. The predicted octanol–water partition coefficient (Wildman–Crippen LogP) is 2.02. The summed E-state index contributed by atoms with van der Waals surface area (Å²) in [4.78, 5) is 14.8. The Balaban J connectivity index is 1.97. The molecule has 0 aromatic rings. The summed E-state index contributed by atoms with van der Waals surface area (Å²) in [5.74, 6) is 1.18. The number of nitrogens with one attached hydrogen (secondary N) is 1. The SMILES string of the molecule is CCCN(CC1CC1)C(=O)C1(C)CCCNC1. The first-order chi connectivity index (χ1) is 8.15. The molecule has 1 amide bonds. The predicted molar refractivity (Wildman–Crippen MR) is 69.8 cm³/mol. The van der Waals surface area contributed by atoms with Crippen LogP contribution in [0.2, 0.25) is 0 Å². The van der Waals surface area contributed by atoms with Crippen LogP contribution in [0.3, 0.4) is 0 Å². The van der Waals surface area contributed by atoms with E-state index in [9.17, 15) is 4.79 Å². The average Bonchev–Trinajstić information content (AvgIpc) is 3.12. The first kappa shape index (κ1) is 12.9. The monoisotopic (exact) mass is 238 g/mol. The van der Waals surface area contributed by atoms with Gasteiger partial charge in [-0.25, -0.2) is 0 Å². The quantitative estimate of drug-likeness (QED) is 0.795. The number of nitrogens with zero attached hydrogens (tertiary/aromatic N) is 1. The molecular formula is C14H26N2O. The van der Waals surface area contributed by atoms with Gasteiger partial charge in [0.1, 0.15) is 0 Å². The Morgan fingerprint density at radius 2 is 2.24 bits per heavy atom. The molecule has 1 heterocycles. The van der Waals surface area contributed by atoms with Crippen LogP contribution in [0.25, 0.3) is 0 Å². The topological polar surface area (TPSA) is 32.3 Å². The third kappa shape index (κ3) is 3.21. The lowest BCUT2D eigenvalue weighted by Crippen LogP contribution is -2.50. The lowest BCUT2D eigenvalue weighted by molar-refractivity contribution is -0.142. The average molecular weight is 238 g/mol. The molecule has 1 aliphatic heterocycles. The molecule has 1 aliphatic carbocycles. The highest BCUT2D eigenvalue weighted by Crippen LogP contribution is 2.33. The van der Waals surface area contributed by atoms with Crippen molar-refractivity contribution in [3.8, 4) is 0 Å². The van der Waals surface area contributed by atoms with Crippen molar-refractivity contribution in [2.75, 3.05) is 26.2 Å². The van der Waals surface area contributed by atoms with Crippen LogP contribution in [0.4, 0.5) is 0 Å². The highest BCUT2D eigenvalue weighted by Gasteiger charge is 2.38. The molecule has 0 radical (unpaired) electrons. The number of piperidine rings is 1. The molecule has 1 N–H and O–H groups in total. The van der Waals surface area contributed by atoms with E-state index in [1.54, 1.807) is 0 Å². The van der Waals surface area contributed by atoms with E-state index in [4.69, 9.17) is 0 Å². The molecule has 0 aromatic carbocycles. The molecule has 2 rings (SSSR count). The Morgan fingerprint density at radius 3 is 2.76 bits per heavy atom. The summed E-state index contributed by atoms with van der Waals surface area (Å²) in [6.45, 7) is 8.16. The first-order valence-electron chi connectivity index (χ1n) is 7.16. The minimum atomic E-state index is -0.150. The van der Waals surface area contributed by atoms with Crippen LogP contribution in [0.15, 0.2) is 0 Å². The van der Waals surface area contributed by atoms with Crippen molar-refractivity contribution in [2.24, 2.45) is 11.3 Å². The van der Waals surface area contributed by atoms with Crippen LogP contribution in [0.5, 0.6) is 0 Å². The van der Waals surface area contributed by atoms with Gasteiger partial charge >= 0.3 is 0 Å². The van der Waals surface area contributed by atoms with E-state index in [1.165, 1.54) is 12.8 Å². The third-order valence-electron chi connectivity index (χ3n) is 4.07. The molecule has 0 aromatic heterocycles. The summed E-state index contributed by atoms with van der Waals surface area (Å²) in [5.41, 5.74) is -0.150. The number of carbonyl (C=O) groups excluding carboxylic acids is 1. The highest BCUT2D eigenvalue weighted by atomic mass is 16.2. The van der Waals surface area contributed by atoms with E-state index in [-0.39, 0.29) is 5.41 Å². The summed E-state index contributed by atoms with van der Waals surface area (Å²) >= 11 is 0. The van der Waals surface area contributed by atoms with Gasteiger partial charge in [0.15, 0.2) is 0 Å². The summed E-state index contributed by atoms with van der Waals surface area (Å²) in [7, 11) is 0. The Labute approximate surface area is 105 Å². The lowest BCUT2D eigenvalue weighted by atomic mass is 9.81. The van der Waals surface area contributed by atoms with Crippen LogP contribution in [-0.2, 0) is 4.79 Å². The maximum absolute atomic E-state index is 12.7. The maximum Gasteiger partial charge on any atom is 0.229 e. The van der Waals surface area contributed by atoms with E-state index < -0.39 is 0 Å². The molecule has 2 fully saturated rings. The van der Waals surface area contributed by atoms with Crippen molar-refractivity contribution in [3.05, 3.63) is 0 Å². The van der Waals surface area contributed by atoms with Gasteiger partial charge in [-0.1, -0.05) is 6.92 Å². The van der Waals surface area contributed by atoms with Gasteiger partial charge in [-0.15, -0.1) is 0 Å². The van der Waals surface area contributed by atoms with Gasteiger partial charge in [0.05, 0.1) is 5.41 Å². The number of hydrogen-bond donors (Lipinski definition) is 1. The van der Waals surface area contributed by atoms with Crippen LogP contribution in [0, 0.1) is 11.3 Å². The molecule has 3 nitrogen and oxygen atoms in total. The van der Waals surface area contributed by atoms with Crippen molar-refractivity contribution < 1.29 is 4.79 Å². The van der Waals surface area contributed by atoms with Gasteiger partial charge in [-0.3, -0.25) is 4.79 Å². The second-order valence-electron chi connectivity index (χ2n) is 6.04. The fourth-order valence-electron chi connectivity index (χ4n) is 2.78. The minimum Gasteiger partial charge on any atom is -0.342 e. The summed E-state index contributed by atoms with van der Waals surface area (Å²) in [5, 5.41) is 3.37. The van der Waals surface area contributed by atoms with Gasteiger partial charge in [0, 0.05) is 19.6 Å². The van der Waals surface area contributed by atoms with Crippen molar-refractivity contribution in [3.63, 3.8) is 0 Å². The number of hydrogen-bond acceptors (Lipinski definition) is 2. The number of amides is 1. The number of carbonyl (C=O) groups is 1. The largest absolute Gasteiger partial charge is 0.342 e. The van der Waals surface area contributed by atoms with Gasteiger partial charge in [0.2, 0.25) is 5.91 Å². The highest BCUT2D eigenvalue weighted by molar-refractivity contribution is 5.82. The molecule has 3 heteroatoms. The zero-order chi connectivity index (χ0) is 12.3. The standard InChI is InChI=1S/C14H26N2O/c1-3-9-16(10-12-5-6-12)13(17)14(2)7-4-8-15-11-14/h12,15H,3-11H2,1-2H3. The van der Waals surface area contributed by atoms with Crippen LogP contribution < -0.4 is 5.32 Å². The Bertz CT molecular complexity index is 267. The normalized spacial score (nSPS) is 29.1. The fourth-order valence-corrected chi connectivity index (χ4v) is 2.78. The van der Waals surface area contributed by atoms with Gasteiger partial charge in [-0.2, -0.15) is 0 Å². The van der Waals surface area contributed by atoms with E-state index >= 15 is 0 Å². The molecule has 2 aliphatic rings. The van der Waals surface area contributed by atoms with Crippen LogP contribution >= 0.6 is 0 Å². The molecule has 98 valence electrons. The van der Waals surface area contributed by atoms with Crippen molar-refractivity contribution >= 4 is 5.91 Å². The lowest BCUT2D eigenvalue weighted by Gasteiger charge is -2.37. The Morgan fingerprint density at radius 1 is 1.47 bits per heavy atom. The molecule has 1 saturated heterocycles. The number of rotatable bonds is 5. The molecule has 17 heavy (non-hydrogen) atoms. The first-order valence-corrected chi connectivity index (χ1v) is 7.16. The molecular weight excluding hydrogens is 212 g/mol. The van der Waals surface area contributed by atoms with Gasteiger partial charge < -0.3 is 10.2 Å². The third-order valence-corrected chi connectivity index (χ3v) is 4.07. The molecule has 1 atom stereocenters. The van der Waals surface area contributed by atoms with E-state index in [0.717, 1.165) is 51.4 Å². The molecule has 0 bridgehead atoms. The van der Waals surface area contributed by atoms with Gasteiger partial charge in [0.25, 0.3) is 0 Å². The Kier molecular flexibility index (Phi) is 4.08. The van der Waals surface area contributed by atoms with Crippen LogP contribution in [-0.4, -0.2) is 37.0 Å². The minimum absolute atomic E-state index is 0.150. The summed E-state index contributed by atoms with van der Waals surface area (Å²) in [6, 6.07) is 0. The smallest absolute Gasteiger partial charge is 0.229 e. The van der Waals surface area contributed by atoms with E-state index in [2.05, 4.69) is 24.1 Å². The zero-order valence-electron chi connectivity index (χ0n) is 11.3. The maximum atomic E-state index is 12.7. The second kappa shape index (κ2) is 5.38. The fraction of sp³-hybridized carbons (Fsp3) is 0.929. The van der Waals surface area contributed by atoms with Crippen LogP contribution in [0.1, 0.15) is 46.0 Å². The summed E-state index contributed by atoms with van der Waals surface area (Å²) < 4.78 is 0. The molecule has 1 unspecified atom stereocenters. The van der Waals surface area contributed by atoms with Gasteiger partial charge in [-0.05, 0) is 51.5 Å².